The zero-order valence-electron chi connectivity index (χ0n) is 11.8. The van der Waals surface area contributed by atoms with Crippen LogP contribution in [-0.4, -0.2) is 39.5 Å². The number of halogens is 2. The molecule has 118 valence electrons. The molecular formula is C13H19BrFN3O2S. The Hall–Kier alpha value is -0.700. The molecule has 1 aromatic carbocycles. The number of nitrogens with zero attached hydrogens (tertiary/aromatic N) is 1. The molecule has 5 nitrogen and oxygen atoms in total. The first-order valence-electron chi connectivity index (χ1n) is 6.80. The van der Waals surface area contributed by atoms with Crippen LogP contribution in [0.4, 0.5) is 10.1 Å². The van der Waals surface area contributed by atoms with E-state index in [1.807, 2.05) is 0 Å². The van der Waals surface area contributed by atoms with Crippen LogP contribution in [0.1, 0.15) is 13.3 Å². The largest absolute Gasteiger partial charge is 0.399 e. The molecular weight excluding hydrogens is 361 g/mol. The number of rotatable bonds is 5. The summed E-state index contributed by atoms with van der Waals surface area (Å²) in [6, 6.07) is 2.47. The molecule has 1 heterocycles. The van der Waals surface area contributed by atoms with Crippen LogP contribution in [-0.2, 0) is 10.0 Å². The second kappa shape index (κ2) is 6.60. The van der Waals surface area contributed by atoms with Crippen LogP contribution < -0.4 is 10.5 Å². The molecule has 1 fully saturated rings. The molecule has 1 atom stereocenters. The summed E-state index contributed by atoms with van der Waals surface area (Å²) >= 11 is 2.97. The lowest BCUT2D eigenvalue weighted by Crippen LogP contribution is -2.31. The van der Waals surface area contributed by atoms with Gasteiger partial charge in [-0.25, -0.2) is 17.5 Å². The minimum absolute atomic E-state index is 0.0425. The fourth-order valence-electron chi connectivity index (χ4n) is 2.45. The van der Waals surface area contributed by atoms with Gasteiger partial charge in [0.15, 0.2) is 5.82 Å². The second-order valence-corrected chi connectivity index (χ2v) is 7.80. The van der Waals surface area contributed by atoms with Crippen molar-refractivity contribution in [3.05, 3.63) is 22.4 Å². The molecule has 0 aromatic heterocycles. The Balaban J connectivity index is 2.09. The Labute approximate surface area is 132 Å². The van der Waals surface area contributed by atoms with Crippen LogP contribution in [0, 0.1) is 11.7 Å². The Morgan fingerprint density at radius 1 is 1.52 bits per heavy atom. The smallest absolute Gasteiger partial charge is 0.243 e. The number of anilines is 1. The van der Waals surface area contributed by atoms with Gasteiger partial charge in [-0.05, 0) is 53.5 Å². The summed E-state index contributed by atoms with van der Waals surface area (Å²) in [6.45, 7) is 5.18. The van der Waals surface area contributed by atoms with E-state index in [4.69, 9.17) is 5.73 Å². The topological polar surface area (TPSA) is 75.4 Å². The van der Waals surface area contributed by atoms with E-state index < -0.39 is 20.7 Å². The van der Waals surface area contributed by atoms with Crippen LogP contribution in [0.3, 0.4) is 0 Å². The van der Waals surface area contributed by atoms with Crippen LogP contribution in [0.25, 0.3) is 0 Å². The molecule has 3 N–H and O–H groups in total. The highest BCUT2D eigenvalue weighted by atomic mass is 79.9. The van der Waals surface area contributed by atoms with Crippen LogP contribution in [0.5, 0.6) is 0 Å². The van der Waals surface area contributed by atoms with Crippen molar-refractivity contribution in [2.75, 3.05) is 31.9 Å². The minimum Gasteiger partial charge on any atom is -0.399 e. The van der Waals surface area contributed by atoms with E-state index in [1.54, 1.807) is 0 Å². The van der Waals surface area contributed by atoms with Gasteiger partial charge >= 0.3 is 0 Å². The van der Waals surface area contributed by atoms with Crippen LogP contribution in [0.15, 0.2) is 21.5 Å². The van der Waals surface area contributed by atoms with Gasteiger partial charge in [0.2, 0.25) is 10.0 Å². The molecule has 2 rings (SSSR count). The summed E-state index contributed by atoms with van der Waals surface area (Å²) in [4.78, 5) is 1.84. The quantitative estimate of drug-likeness (QED) is 0.764. The molecule has 1 aromatic rings. The number of hydrogen-bond acceptors (Lipinski definition) is 4. The van der Waals surface area contributed by atoms with E-state index in [9.17, 15) is 12.8 Å². The summed E-state index contributed by atoms with van der Waals surface area (Å²) in [5, 5.41) is 0. The SMILES string of the molecule is CCN1CCC(CNS(=O)(=O)c2cc(N)cc(Br)c2F)C1. The molecule has 1 aliphatic heterocycles. The van der Waals surface area contributed by atoms with Crippen LogP contribution >= 0.6 is 15.9 Å². The van der Waals surface area contributed by atoms with Gasteiger partial charge in [-0.15, -0.1) is 0 Å². The van der Waals surface area contributed by atoms with Gasteiger partial charge in [-0.1, -0.05) is 6.92 Å². The average molecular weight is 380 g/mol. The highest BCUT2D eigenvalue weighted by Gasteiger charge is 2.26. The summed E-state index contributed by atoms with van der Waals surface area (Å²) < 4.78 is 40.9. The van der Waals surface area contributed by atoms with E-state index >= 15 is 0 Å². The van der Waals surface area contributed by atoms with Crippen molar-refractivity contribution in [1.29, 1.82) is 0 Å². The molecule has 0 amide bonds. The fourth-order valence-corrected chi connectivity index (χ4v) is 4.31. The first-order chi connectivity index (χ1) is 9.83. The predicted octanol–water partition coefficient (Wildman–Crippen LogP) is 1.79. The molecule has 0 bridgehead atoms. The number of nitrogens with two attached hydrogens (primary N) is 1. The molecule has 1 saturated heterocycles. The Bertz CT molecular complexity index is 624. The zero-order chi connectivity index (χ0) is 15.6. The standard InChI is InChI=1S/C13H19BrFN3O2S/c1-2-18-4-3-9(8-18)7-17-21(19,20)12-6-10(16)5-11(14)13(12)15/h5-6,9,17H,2-4,7-8,16H2,1H3. The van der Waals surface area contributed by atoms with Crippen molar-refractivity contribution in [1.82, 2.24) is 9.62 Å². The number of sulfonamides is 1. The summed E-state index contributed by atoms with van der Waals surface area (Å²) in [5.41, 5.74) is 5.78. The van der Waals surface area contributed by atoms with Gasteiger partial charge < -0.3 is 10.6 Å². The lowest BCUT2D eigenvalue weighted by atomic mass is 10.1. The number of benzene rings is 1. The van der Waals surface area contributed by atoms with Crippen molar-refractivity contribution in [2.24, 2.45) is 5.92 Å². The summed E-state index contributed by atoms with van der Waals surface area (Å²) in [7, 11) is -3.90. The third-order valence-electron chi connectivity index (χ3n) is 3.69. The highest BCUT2D eigenvalue weighted by Crippen LogP contribution is 2.26. The van der Waals surface area contributed by atoms with Gasteiger partial charge in [-0.2, -0.15) is 0 Å². The molecule has 0 spiro atoms. The predicted molar refractivity (Wildman–Crippen MR) is 83.9 cm³/mol. The average Bonchev–Trinajstić information content (AvgIpc) is 2.88. The van der Waals surface area contributed by atoms with Gasteiger partial charge in [0, 0.05) is 18.8 Å². The van der Waals surface area contributed by atoms with E-state index in [1.165, 1.54) is 6.07 Å². The van der Waals surface area contributed by atoms with Gasteiger partial charge in [0.05, 0.1) is 4.47 Å². The fraction of sp³-hybridized carbons (Fsp3) is 0.538. The maximum Gasteiger partial charge on any atom is 0.243 e. The van der Waals surface area contributed by atoms with Crippen molar-refractivity contribution in [3.8, 4) is 0 Å². The number of nitrogens with one attached hydrogen (secondary N) is 1. The van der Waals surface area contributed by atoms with Crippen molar-refractivity contribution >= 4 is 31.6 Å². The van der Waals surface area contributed by atoms with Crippen molar-refractivity contribution < 1.29 is 12.8 Å². The van der Waals surface area contributed by atoms with Crippen molar-refractivity contribution in [3.63, 3.8) is 0 Å². The Kier molecular flexibility index (Phi) is 5.24. The maximum absolute atomic E-state index is 14.0. The normalized spacial score (nSPS) is 20.0. The molecule has 0 radical (unpaired) electrons. The van der Waals surface area contributed by atoms with E-state index in [0.717, 1.165) is 32.1 Å². The lowest BCUT2D eigenvalue weighted by Gasteiger charge is -2.14. The Morgan fingerprint density at radius 2 is 2.24 bits per heavy atom. The zero-order valence-corrected chi connectivity index (χ0v) is 14.2. The van der Waals surface area contributed by atoms with Gasteiger partial charge in [0.25, 0.3) is 0 Å². The molecule has 0 saturated carbocycles. The maximum atomic E-state index is 14.0. The number of likely N-dealkylation sites (tertiary alicyclic amines) is 1. The van der Waals surface area contributed by atoms with Crippen molar-refractivity contribution in [2.45, 2.75) is 18.2 Å². The molecule has 1 aliphatic rings. The number of hydrogen-bond donors (Lipinski definition) is 2. The lowest BCUT2D eigenvalue weighted by molar-refractivity contribution is 0.342. The number of nitrogen functional groups attached to an aromatic ring is 1. The minimum atomic E-state index is -3.90. The van der Waals surface area contributed by atoms with Gasteiger partial charge in [-0.3, -0.25) is 0 Å². The highest BCUT2D eigenvalue weighted by molar-refractivity contribution is 9.10. The summed E-state index contributed by atoms with van der Waals surface area (Å²) in [5.74, 6) is -0.564. The Morgan fingerprint density at radius 3 is 2.86 bits per heavy atom. The third kappa shape index (κ3) is 3.94. The summed E-state index contributed by atoms with van der Waals surface area (Å²) in [6.07, 6.45) is 0.944. The van der Waals surface area contributed by atoms with Crippen LogP contribution in [0.2, 0.25) is 0 Å². The van der Waals surface area contributed by atoms with Gasteiger partial charge in [0.1, 0.15) is 4.90 Å². The van der Waals surface area contributed by atoms with E-state index in [2.05, 4.69) is 32.5 Å². The van der Waals surface area contributed by atoms with E-state index in [-0.39, 0.29) is 16.1 Å². The molecule has 0 aliphatic carbocycles. The third-order valence-corrected chi connectivity index (χ3v) is 5.69. The van der Waals surface area contributed by atoms with E-state index in [0.29, 0.717) is 6.54 Å². The first kappa shape index (κ1) is 16.7. The second-order valence-electron chi connectivity index (χ2n) is 5.21. The molecule has 21 heavy (non-hydrogen) atoms. The molecule has 1 unspecified atom stereocenters. The molecule has 8 heteroatoms. The monoisotopic (exact) mass is 379 g/mol. The first-order valence-corrected chi connectivity index (χ1v) is 9.07.